The van der Waals surface area contributed by atoms with Crippen molar-refractivity contribution in [2.24, 2.45) is 5.92 Å². The van der Waals surface area contributed by atoms with Gasteiger partial charge in [-0.3, -0.25) is 4.79 Å². The molecule has 1 aromatic rings. The van der Waals surface area contributed by atoms with E-state index in [-0.39, 0.29) is 16.7 Å². The van der Waals surface area contributed by atoms with E-state index in [4.69, 9.17) is 0 Å². The maximum atomic E-state index is 12.8. The number of hydrogen-bond acceptors (Lipinski definition) is 6. The SMILES string of the molecule is CC(C)[C@@](C)(C#N)NC(=O)[C@H](C)Sc1ccc(S(=O)(=O)N2CCCCCC2)cn1. The number of nitrogens with zero attached hydrogens (tertiary/aromatic N) is 3. The van der Waals surface area contributed by atoms with Crippen LogP contribution in [-0.2, 0) is 14.8 Å². The standard InChI is InChI=1S/C20H30N4O3S2/c1-15(2)20(4,14-21)23-19(25)16(3)28-18-10-9-17(13-22-18)29(26,27)24-11-7-5-6-8-12-24/h9-10,13,15-16H,5-8,11-12H2,1-4H3,(H,23,25)/t16-,20+/m0/s1. The number of thioether (sulfide) groups is 1. The molecule has 1 saturated heterocycles. The van der Waals surface area contributed by atoms with E-state index in [2.05, 4.69) is 16.4 Å². The molecule has 1 N–H and O–H groups in total. The number of aromatic nitrogens is 1. The molecule has 1 aromatic heterocycles. The maximum Gasteiger partial charge on any atom is 0.244 e. The Balaban J connectivity index is 2.04. The summed E-state index contributed by atoms with van der Waals surface area (Å²) in [5.41, 5.74) is -0.940. The van der Waals surface area contributed by atoms with Gasteiger partial charge in [-0.1, -0.05) is 38.5 Å². The summed E-state index contributed by atoms with van der Waals surface area (Å²) in [5, 5.41) is 12.2. The summed E-state index contributed by atoms with van der Waals surface area (Å²) >= 11 is 1.23. The van der Waals surface area contributed by atoms with E-state index in [9.17, 15) is 18.5 Å². The normalized spacial score (nSPS) is 19.0. The lowest BCUT2D eigenvalue weighted by Gasteiger charge is -2.28. The first-order chi connectivity index (χ1) is 13.6. The number of carbonyl (C=O) groups excluding carboxylic acids is 1. The number of rotatable bonds is 7. The van der Waals surface area contributed by atoms with Crippen molar-refractivity contribution in [3.05, 3.63) is 18.3 Å². The van der Waals surface area contributed by atoms with E-state index in [0.29, 0.717) is 18.1 Å². The van der Waals surface area contributed by atoms with Crippen molar-refractivity contribution in [3.8, 4) is 6.07 Å². The van der Waals surface area contributed by atoms with Gasteiger partial charge in [0.1, 0.15) is 10.4 Å². The number of nitrogens with one attached hydrogen (secondary N) is 1. The predicted octanol–water partition coefficient (Wildman–Crippen LogP) is 3.18. The van der Waals surface area contributed by atoms with Crippen LogP contribution in [0.5, 0.6) is 0 Å². The van der Waals surface area contributed by atoms with E-state index >= 15 is 0 Å². The van der Waals surface area contributed by atoms with Crippen molar-refractivity contribution in [1.82, 2.24) is 14.6 Å². The van der Waals surface area contributed by atoms with E-state index in [1.54, 1.807) is 26.0 Å². The molecule has 1 aliphatic rings. The van der Waals surface area contributed by atoms with Gasteiger partial charge in [-0.15, -0.1) is 0 Å². The number of sulfonamides is 1. The molecule has 2 rings (SSSR count). The van der Waals surface area contributed by atoms with Crippen LogP contribution in [0.15, 0.2) is 28.3 Å². The third-order valence-electron chi connectivity index (χ3n) is 5.35. The van der Waals surface area contributed by atoms with Gasteiger partial charge in [-0.2, -0.15) is 9.57 Å². The first-order valence-corrected chi connectivity index (χ1v) is 12.3. The van der Waals surface area contributed by atoms with Crippen molar-refractivity contribution in [3.63, 3.8) is 0 Å². The molecule has 0 radical (unpaired) electrons. The highest BCUT2D eigenvalue weighted by molar-refractivity contribution is 8.00. The van der Waals surface area contributed by atoms with Crippen LogP contribution in [0.3, 0.4) is 0 Å². The van der Waals surface area contributed by atoms with E-state index in [0.717, 1.165) is 25.7 Å². The van der Waals surface area contributed by atoms with Crippen molar-refractivity contribution < 1.29 is 13.2 Å². The van der Waals surface area contributed by atoms with Gasteiger partial charge in [0.05, 0.1) is 16.3 Å². The monoisotopic (exact) mass is 438 g/mol. The minimum atomic E-state index is -3.54. The van der Waals surface area contributed by atoms with Gasteiger partial charge in [-0.25, -0.2) is 13.4 Å². The van der Waals surface area contributed by atoms with Gasteiger partial charge in [-0.05, 0) is 44.7 Å². The second kappa shape index (κ2) is 9.92. The molecular weight excluding hydrogens is 408 g/mol. The van der Waals surface area contributed by atoms with Crippen LogP contribution < -0.4 is 5.32 Å². The van der Waals surface area contributed by atoms with E-state index < -0.39 is 20.8 Å². The molecule has 29 heavy (non-hydrogen) atoms. The topological polar surface area (TPSA) is 103 Å². The Kier molecular flexibility index (Phi) is 8.09. The van der Waals surface area contributed by atoms with E-state index in [1.165, 1.54) is 22.3 Å². The highest BCUT2D eigenvalue weighted by Gasteiger charge is 2.32. The van der Waals surface area contributed by atoms with Crippen LogP contribution in [-0.4, -0.2) is 47.5 Å². The molecule has 1 aliphatic heterocycles. The average molecular weight is 439 g/mol. The molecule has 0 aliphatic carbocycles. The Morgan fingerprint density at radius 2 is 1.86 bits per heavy atom. The van der Waals surface area contributed by atoms with Gasteiger partial charge < -0.3 is 5.32 Å². The molecule has 0 aromatic carbocycles. The fourth-order valence-corrected chi connectivity index (χ4v) is 5.17. The molecule has 2 atom stereocenters. The summed E-state index contributed by atoms with van der Waals surface area (Å²) < 4.78 is 27.2. The highest BCUT2D eigenvalue weighted by Crippen LogP contribution is 2.25. The summed E-state index contributed by atoms with van der Waals surface area (Å²) in [4.78, 5) is 16.9. The number of nitriles is 1. The minimum absolute atomic E-state index is 0.0322. The van der Waals surface area contributed by atoms with Crippen LogP contribution in [0.1, 0.15) is 53.4 Å². The second-order valence-corrected chi connectivity index (χ2v) is 11.2. The number of amides is 1. The van der Waals surface area contributed by atoms with Gasteiger partial charge in [0.15, 0.2) is 0 Å². The van der Waals surface area contributed by atoms with Gasteiger partial charge in [0.25, 0.3) is 0 Å². The Labute approximate surface area is 178 Å². The Morgan fingerprint density at radius 1 is 1.24 bits per heavy atom. The van der Waals surface area contributed by atoms with Gasteiger partial charge >= 0.3 is 0 Å². The molecule has 7 nitrogen and oxygen atoms in total. The zero-order valence-electron chi connectivity index (χ0n) is 17.5. The zero-order chi connectivity index (χ0) is 21.7. The third kappa shape index (κ3) is 5.93. The van der Waals surface area contributed by atoms with Crippen LogP contribution in [0.2, 0.25) is 0 Å². The molecule has 0 unspecified atom stereocenters. The van der Waals surface area contributed by atoms with Crippen LogP contribution in [0, 0.1) is 17.2 Å². The first kappa shape index (κ1) is 23.6. The summed E-state index contributed by atoms with van der Waals surface area (Å²) in [6.07, 6.45) is 5.24. The van der Waals surface area contributed by atoms with Gasteiger partial charge in [0.2, 0.25) is 15.9 Å². The molecule has 9 heteroatoms. The largest absolute Gasteiger partial charge is 0.337 e. The Bertz CT molecular complexity index is 841. The zero-order valence-corrected chi connectivity index (χ0v) is 19.1. The molecule has 0 saturated carbocycles. The summed E-state index contributed by atoms with van der Waals surface area (Å²) in [6, 6.07) is 5.34. The fraction of sp³-hybridized carbons (Fsp3) is 0.650. The van der Waals surface area contributed by atoms with Crippen molar-refractivity contribution in [2.75, 3.05) is 13.1 Å². The van der Waals surface area contributed by atoms with Crippen LogP contribution >= 0.6 is 11.8 Å². The summed E-state index contributed by atoms with van der Waals surface area (Å²) in [5.74, 6) is -0.286. The first-order valence-electron chi connectivity index (χ1n) is 9.96. The van der Waals surface area contributed by atoms with Crippen molar-refractivity contribution >= 4 is 27.7 Å². The number of hydrogen-bond donors (Lipinski definition) is 1. The molecular formula is C20H30N4O3S2. The third-order valence-corrected chi connectivity index (χ3v) is 8.28. The lowest BCUT2D eigenvalue weighted by Crippen LogP contribution is -2.51. The Hall–Kier alpha value is -1.63. The predicted molar refractivity (Wildman–Crippen MR) is 114 cm³/mol. The Morgan fingerprint density at radius 3 is 2.34 bits per heavy atom. The molecule has 160 valence electrons. The smallest absolute Gasteiger partial charge is 0.244 e. The summed E-state index contributed by atoms with van der Waals surface area (Å²) in [6.45, 7) is 8.29. The molecule has 0 spiro atoms. The average Bonchev–Trinajstić information content (AvgIpc) is 2.98. The molecule has 1 fully saturated rings. The second-order valence-electron chi connectivity index (χ2n) is 7.87. The quantitative estimate of drug-likeness (QED) is 0.656. The lowest BCUT2D eigenvalue weighted by molar-refractivity contribution is -0.121. The summed E-state index contributed by atoms with van der Waals surface area (Å²) in [7, 11) is -3.54. The molecule has 2 heterocycles. The fourth-order valence-electron chi connectivity index (χ4n) is 2.91. The van der Waals surface area contributed by atoms with Crippen LogP contribution in [0.25, 0.3) is 0 Å². The highest BCUT2D eigenvalue weighted by atomic mass is 32.2. The maximum absolute atomic E-state index is 12.8. The number of pyridine rings is 1. The van der Waals surface area contributed by atoms with Gasteiger partial charge in [0, 0.05) is 19.3 Å². The minimum Gasteiger partial charge on any atom is -0.337 e. The lowest BCUT2D eigenvalue weighted by atomic mass is 9.90. The van der Waals surface area contributed by atoms with Crippen molar-refractivity contribution in [1.29, 1.82) is 5.26 Å². The van der Waals surface area contributed by atoms with Crippen LogP contribution in [0.4, 0.5) is 0 Å². The molecule has 1 amide bonds. The number of carbonyl (C=O) groups is 1. The van der Waals surface area contributed by atoms with Crippen molar-refractivity contribution in [2.45, 2.75) is 74.1 Å². The van der Waals surface area contributed by atoms with E-state index in [1.807, 2.05) is 13.8 Å². The molecule has 0 bridgehead atoms.